The number of nitriles is 1. The van der Waals surface area contributed by atoms with Crippen molar-refractivity contribution in [1.82, 2.24) is 10.3 Å². The third kappa shape index (κ3) is 3.54. The van der Waals surface area contributed by atoms with Gasteiger partial charge in [-0.3, -0.25) is 4.79 Å². The van der Waals surface area contributed by atoms with Crippen LogP contribution in [0.2, 0.25) is 0 Å². The number of amides is 1. The summed E-state index contributed by atoms with van der Waals surface area (Å²) in [6.07, 6.45) is 1.66. The van der Waals surface area contributed by atoms with Crippen molar-refractivity contribution < 1.29 is 4.79 Å². The fraction of sp³-hybridized carbons (Fsp3) is 0.667. The number of nitrogens with zero attached hydrogens (tertiary/aromatic N) is 3. The van der Waals surface area contributed by atoms with E-state index in [2.05, 4.69) is 22.5 Å². The zero-order valence-electron chi connectivity index (χ0n) is 8.29. The van der Waals surface area contributed by atoms with Crippen LogP contribution in [0.3, 0.4) is 0 Å². The van der Waals surface area contributed by atoms with Crippen LogP contribution in [0.5, 0.6) is 0 Å². The lowest BCUT2D eigenvalue weighted by Crippen LogP contribution is -2.31. The second-order valence-corrected chi connectivity index (χ2v) is 3.35. The Balaban J connectivity index is 2.31. The Morgan fingerprint density at radius 2 is 2.29 bits per heavy atom. The maximum Gasteiger partial charge on any atom is 0.254 e. The zero-order chi connectivity index (χ0) is 10.4. The van der Waals surface area contributed by atoms with Gasteiger partial charge in [-0.1, -0.05) is 0 Å². The molecule has 1 N–H and O–H groups in total. The summed E-state index contributed by atoms with van der Waals surface area (Å²) in [4.78, 5) is 13.1. The molecule has 14 heavy (non-hydrogen) atoms. The lowest BCUT2D eigenvalue weighted by Gasteiger charge is -2.22. The first-order valence-corrected chi connectivity index (χ1v) is 4.62. The van der Waals surface area contributed by atoms with Gasteiger partial charge >= 0.3 is 0 Å². The van der Waals surface area contributed by atoms with E-state index in [4.69, 9.17) is 5.26 Å². The molecule has 0 aromatic carbocycles. The summed E-state index contributed by atoms with van der Waals surface area (Å²) in [6.45, 7) is 1.96. The summed E-state index contributed by atoms with van der Waals surface area (Å²) in [6, 6.07) is 1.77. The number of carbonyl (C=O) groups excluding carboxylic acids is 1. The van der Waals surface area contributed by atoms with Gasteiger partial charge in [0.15, 0.2) is 0 Å². The van der Waals surface area contributed by atoms with Gasteiger partial charge in [-0.15, -0.1) is 0 Å². The molecular formula is C9H14N4O. The highest BCUT2D eigenvalue weighted by molar-refractivity contribution is 5.87. The van der Waals surface area contributed by atoms with Gasteiger partial charge in [-0.25, -0.2) is 5.43 Å². The average molecular weight is 194 g/mol. The summed E-state index contributed by atoms with van der Waals surface area (Å²) in [5.41, 5.74) is 3.38. The van der Waals surface area contributed by atoms with Crippen molar-refractivity contribution >= 4 is 11.6 Å². The van der Waals surface area contributed by atoms with Crippen molar-refractivity contribution in [2.24, 2.45) is 5.10 Å². The van der Waals surface area contributed by atoms with Gasteiger partial charge in [0.2, 0.25) is 0 Å². The minimum absolute atomic E-state index is 0.128. The molecule has 0 aromatic rings. The highest BCUT2D eigenvalue weighted by Gasteiger charge is 2.11. The molecule has 1 heterocycles. The molecular weight excluding hydrogens is 180 g/mol. The van der Waals surface area contributed by atoms with Gasteiger partial charge in [0.05, 0.1) is 6.07 Å². The Kier molecular flexibility index (Phi) is 4.08. The molecule has 0 unspecified atom stereocenters. The Labute approximate surface area is 83.4 Å². The van der Waals surface area contributed by atoms with Crippen LogP contribution in [0, 0.1) is 11.3 Å². The number of rotatable bonds is 2. The van der Waals surface area contributed by atoms with Crippen LogP contribution in [0.15, 0.2) is 5.10 Å². The third-order valence-electron chi connectivity index (χ3n) is 2.14. The Bertz CT molecular complexity index is 269. The van der Waals surface area contributed by atoms with Crippen LogP contribution in [-0.2, 0) is 4.79 Å². The van der Waals surface area contributed by atoms with Crippen LogP contribution in [0.25, 0.3) is 0 Å². The van der Waals surface area contributed by atoms with Crippen LogP contribution in [-0.4, -0.2) is 36.7 Å². The maximum absolute atomic E-state index is 10.9. The summed E-state index contributed by atoms with van der Waals surface area (Å²) in [7, 11) is 2.06. The van der Waals surface area contributed by atoms with E-state index in [1.54, 1.807) is 6.07 Å². The molecule has 1 fully saturated rings. The lowest BCUT2D eigenvalue weighted by atomic mass is 10.1. The first-order valence-electron chi connectivity index (χ1n) is 4.62. The van der Waals surface area contributed by atoms with Crippen molar-refractivity contribution in [3.8, 4) is 6.07 Å². The molecule has 1 rings (SSSR count). The molecule has 5 heteroatoms. The normalized spacial score (nSPS) is 17.3. The standard InChI is InChI=1S/C9H14N4O/c1-13-6-3-8(4-7-13)11-12-9(14)2-5-10/h2-4,6-7H2,1H3,(H,12,14). The molecule has 76 valence electrons. The first kappa shape index (κ1) is 10.7. The van der Waals surface area contributed by atoms with E-state index in [0.29, 0.717) is 0 Å². The third-order valence-corrected chi connectivity index (χ3v) is 2.14. The van der Waals surface area contributed by atoms with Crippen molar-refractivity contribution in [3.05, 3.63) is 0 Å². The highest BCUT2D eigenvalue weighted by Crippen LogP contribution is 2.03. The van der Waals surface area contributed by atoms with Crippen LogP contribution < -0.4 is 5.43 Å². The van der Waals surface area contributed by atoms with Crippen molar-refractivity contribution in [2.45, 2.75) is 19.3 Å². The van der Waals surface area contributed by atoms with Crippen LogP contribution in [0.1, 0.15) is 19.3 Å². The second kappa shape index (κ2) is 5.35. The van der Waals surface area contributed by atoms with Crippen molar-refractivity contribution in [3.63, 3.8) is 0 Å². The van der Waals surface area contributed by atoms with E-state index in [9.17, 15) is 4.79 Å². The quantitative estimate of drug-likeness (QED) is 0.634. The minimum Gasteiger partial charge on any atom is -0.306 e. The number of likely N-dealkylation sites (tertiary alicyclic amines) is 1. The Morgan fingerprint density at radius 3 is 2.86 bits per heavy atom. The van der Waals surface area contributed by atoms with Gasteiger partial charge in [0, 0.05) is 31.6 Å². The summed E-state index contributed by atoms with van der Waals surface area (Å²) in [5, 5.41) is 12.2. The van der Waals surface area contributed by atoms with Gasteiger partial charge in [0.1, 0.15) is 6.42 Å². The molecule has 0 bridgehead atoms. The van der Waals surface area contributed by atoms with Gasteiger partial charge in [0.25, 0.3) is 5.91 Å². The van der Waals surface area contributed by atoms with E-state index in [0.717, 1.165) is 31.6 Å². The van der Waals surface area contributed by atoms with E-state index in [1.807, 2.05) is 0 Å². The van der Waals surface area contributed by atoms with E-state index in [-0.39, 0.29) is 12.3 Å². The number of hydrogen-bond acceptors (Lipinski definition) is 4. The van der Waals surface area contributed by atoms with Gasteiger partial charge < -0.3 is 4.90 Å². The number of piperidine rings is 1. The Morgan fingerprint density at radius 1 is 1.64 bits per heavy atom. The van der Waals surface area contributed by atoms with Crippen LogP contribution >= 0.6 is 0 Å². The summed E-state index contributed by atoms with van der Waals surface area (Å²) < 4.78 is 0. The summed E-state index contributed by atoms with van der Waals surface area (Å²) in [5.74, 6) is -0.334. The average Bonchev–Trinajstić information content (AvgIpc) is 2.17. The largest absolute Gasteiger partial charge is 0.306 e. The topological polar surface area (TPSA) is 68.5 Å². The van der Waals surface area contributed by atoms with E-state index in [1.165, 1.54) is 0 Å². The second-order valence-electron chi connectivity index (χ2n) is 3.35. The molecule has 1 aliphatic heterocycles. The van der Waals surface area contributed by atoms with Crippen LogP contribution in [0.4, 0.5) is 0 Å². The molecule has 0 atom stereocenters. The summed E-state index contributed by atoms with van der Waals surface area (Å²) >= 11 is 0. The fourth-order valence-electron chi connectivity index (χ4n) is 1.24. The molecule has 0 spiro atoms. The number of hydrogen-bond donors (Lipinski definition) is 1. The fourth-order valence-corrected chi connectivity index (χ4v) is 1.24. The number of carbonyl (C=O) groups is 1. The van der Waals surface area contributed by atoms with Crippen molar-refractivity contribution in [2.75, 3.05) is 20.1 Å². The monoisotopic (exact) mass is 194 g/mol. The SMILES string of the molecule is CN1CCC(=NNC(=O)CC#N)CC1. The predicted molar refractivity (Wildman–Crippen MR) is 52.5 cm³/mol. The minimum atomic E-state index is -0.334. The Hall–Kier alpha value is -1.41. The molecule has 0 aliphatic carbocycles. The smallest absolute Gasteiger partial charge is 0.254 e. The zero-order valence-corrected chi connectivity index (χ0v) is 8.29. The molecule has 1 amide bonds. The number of hydrazone groups is 1. The van der Waals surface area contributed by atoms with Crippen molar-refractivity contribution in [1.29, 1.82) is 5.26 Å². The van der Waals surface area contributed by atoms with E-state index < -0.39 is 0 Å². The number of nitrogens with one attached hydrogen (secondary N) is 1. The lowest BCUT2D eigenvalue weighted by molar-refractivity contribution is -0.120. The predicted octanol–water partition coefficient (Wildman–Crippen LogP) is 0.0979. The molecule has 1 aliphatic rings. The maximum atomic E-state index is 10.9. The molecule has 0 aromatic heterocycles. The van der Waals surface area contributed by atoms with Gasteiger partial charge in [-0.05, 0) is 7.05 Å². The molecule has 5 nitrogen and oxygen atoms in total. The highest BCUT2D eigenvalue weighted by atomic mass is 16.2. The molecule has 0 saturated carbocycles. The van der Waals surface area contributed by atoms with E-state index >= 15 is 0 Å². The molecule has 1 saturated heterocycles. The first-order chi connectivity index (χ1) is 6.72. The molecule has 0 radical (unpaired) electrons. The van der Waals surface area contributed by atoms with Gasteiger partial charge in [-0.2, -0.15) is 10.4 Å².